The zero-order valence-electron chi connectivity index (χ0n) is 23.8. The van der Waals surface area contributed by atoms with E-state index < -0.39 is 11.6 Å². The van der Waals surface area contributed by atoms with Crippen LogP contribution in [-0.2, 0) is 14.3 Å². The fraction of sp³-hybridized carbons (Fsp3) is 0.621. The average molecular weight is 552 g/mol. The summed E-state index contributed by atoms with van der Waals surface area (Å²) >= 11 is 2.84. The highest BCUT2D eigenvalue weighted by molar-refractivity contribution is 8.24. The molecule has 1 heterocycles. The van der Waals surface area contributed by atoms with Gasteiger partial charge in [0.1, 0.15) is 18.6 Å². The van der Waals surface area contributed by atoms with Gasteiger partial charge in [-0.05, 0) is 64.0 Å². The van der Waals surface area contributed by atoms with Crippen molar-refractivity contribution in [2.45, 2.75) is 115 Å². The van der Waals surface area contributed by atoms with Crippen molar-refractivity contribution in [2.24, 2.45) is 5.92 Å². The van der Waals surface area contributed by atoms with Crippen LogP contribution in [0.3, 0.4) is 0 Å². The van der Waals surface area contributed by atoms with Crippen LogP contribution in [0, 0.1) is 24.2 Å². The number of benzene rings is 1. The zero-order chi connectivity index (χ0) is 28.6. The molecule has 0 radical (unpaired) electrons. The van der Waals surface area contributed by atoms with Crippen molar-refractivity contribution in [3.63, 3.8) is 0 Å². The van der Waals surface area contributed by atoms with Crippen LogP contribution in [0.15, 0.2) is 31.7 Å². The molecule has 0 spiro atoms. The Balaban J connectivity index is 0.00000169. The molecule has 0 atom stereocenters. The Hall–Kier alpha value is -1.95. The van der Waals surface area contributed by atoms with Crippen LogP contribution >= 0.6 is 23.5 Å². The van der Waals surface area contributed by atoms with Gasteiger partial charge in [0.2, 0.25) is 0 Å². The topological polar surface area (TPSA) is 96.6 Å². The second-order valence-corrected chi connectivity index (χ2v) is 11.7. The van der Waals surface area contributed by atoms with Gasteiger partial charge in [0.05, 0.1) is 27.4 Å². The summed E-state index contributed by atoms with van der Waals surface area (Å²) in [4.78, 5) is 22.5. The number of ether oxygens (including phenoxy) is 2. The lowest BCUT2D eigenvalue weighted by Crippen LogP contribution is -2.23. The maximum atomic E-state index is 12.5. The van der Waals surface area contributed by atoms with Gasteiger partial charge >= 0.3 is 5.97 Å². The molecule has 2 aliphatic rings. The molecule has 6 nitrogen and oxygen atoms in total. The zero-order valence-corrected chi connectivity index (χ0v) is 25.4. The SMILES string of the molecule is C=O.CC.CCC.Cc1ccc(OC2CCC(C)CC2)c2c1S/C(=C(/C#N)C(=O)OCCC(C)(C)O)S2. The molecule has 1 fully saturated rings. The summed E-state index contributed by atoms with van der Waals surface area (Å²) in [6, 6.07) is 6.04. The highest BCUT2D eigenvalue weighted by atomic mass is 32.2. The number of fused-ring (bicyclic) bond motifs is 1. The van der Waals surface area contributed by atoms with E-state index in [0.717, 1.165) is 39.9 Å². The van der Waals surface area contributed by atoms with Gasteiger partial charge in [0.25, 0.3) is 0 Å². The Labute approximate surface area is 232 Å². The van der Waals surface area contributed by atoms with E-state index in [-0.39, 0.29) is 18.3 Å². The summed E-state index contributed by atoms with van der Waals surface area (Å²) < 4.78 is 12.2. The van der Waals surface area contributed by atoms with Gasteiger partial charge in [-0.15, -0.1) is 0 Å². The van der Waals surface area contributed by atoms with Crippen LogP contribution in [0.25, 0.3) is 0 Å². The number of hydrogen-bond donors (Lipinski definition) is 1. The fourth-order valence-electron chi connectivity index (χ4n) is 3.43. The molecule has 0 bridgehead atoms. The minimum absolute atomic E-state index is 0.00814. The lowest BCUT2D eigenvalue weighted by molar-refractivity contribution is -0.139. The van der Waals surface area contributed by atoms with E-state index in [2.05, 4.69) is 20.8 Å². The molecule has 37 heavy (non-hydrogen) atoms. The molecule has 3 rings (SSSR count). The summed E-state index contributed by atoms with van der Waals surface area (Å²) in [6.45, 7) is 17.9. The first-order valence-electron chi connectivity index (χ1n) is 13.1. The Morgan fingerprint density at radius 2 is 1.68 bits per heavy atom. The summed E-state index contributed by atoms with van der Waals surface area (Å²) in [7, 11) is 0. The van der Waals surface area contributed by atoms with Gasteiger partial charge in [-0.1, -0.05) is 70.6 Å². The molecule has 0 unspecified atom stereocenters. The standard InChI is InChI=1S/C23H29NO4S2.C3H8.C2H6.CH2O/c1-14-5-8-16(9-6-14)28-18-10-7-15(2)19-20(18)30-22(29-19)17(13-24)21(25)27-12-11-23(3,4)26;1-3-2;2*1-2/h7,10,14,16,26H,5-6,8-9,11-12H2,1-4H3;3H2,1-2H3;1-2H3;1H2/b22-17+;;;. The number of aliphatic hydroxyl groups is 1. The third-order valence-electron chi connectivity index (χ3n) is 5.39. The van der Waals surface area contributed by atoms with Crippen molar-refractivity contribution >= 4 is 36.3 Å². The first-order chi connectivity index (χ1) is 17.6. The molecule has 0 amide bonds. The lowest BCUT2D eigenvalue weighted by Gasteiger charge is -2.27. The first-order valence-corrected chi connectivity index (χ1v) is 14.7. The highest BCUT2D eigenvalue weighted by Gasteiger charge is 2.31. The van der Waals surface area contributed by atoms with Gasteiger partial charge in [0, 0.05) is 11.3 Å². The van der Waals surface area contributed by atoms with E-state index in [4.69, 9.17) is 14.3 Å². The molecule has 8 heteroatoms. The third-order valence-corrected chi connectivity index (χ3v) is 8.13. The number of rotatable bonds is 6. The van der Waals surface area contributed by atoms with Crippen LogP contribution in [0.2, 0.25) is 0 Å². The van der Waals surface area contributed by atoms with E-state index in [9.17, 15) is 15.2 Å². The number of esters is 1. The van der Waals surface area contributed by atoms with Crippen molar-refractivity contribution in [2.75, 3.05) is 6.61 Å². The summed E-state index contributed by atoms with van der Waals surface area (Å²) in [5.74, 6) is 0.940. The summed E-state index contributed by atoms with van der Waals surface area (Å²) in [5, 5.41) is 19.4. The van der Waals surface area contributed by atoms with Crippen molar-refractivity contribution < 1.29 is 24.2 Å². The molecule has 0 saturated heterocycles. The van der Waals surface area contributed by atoms with Gasteiger partial charge in [-0.25, -0.2) is 4.79 Å². The van der Waals surface area contributed by atoms with Crippen LogP contribution in [-0.4, -0.2) is 36.2 Å². The molecule has 1 aromatic carbocycles. The van der Waals surface area contributed by atoms with Gasteiger partial charge in [0.15, 0.2) is 5.57 Å². The summed E-state index contributed by atoms with van der Waals surface area (Å²) in [5.41, 5.74) is 0.178. The smallest absolute Gasteiger partial charge is 0.350 e. The molecular formula is C29H45NO5S2. The van der Waals surface area contributed by atoms with Crippen molar-refractivity contribution in [1.82, 2.24) is 0 Å². The van der Waals surface area contributed by atoms with E-state index in [0.29, 0.717) is 10.7 Å². The van der Waals surface area contributed by atoms with Gasteiger partial charge < -0.3 is 19.4 Å². The maximum Gasteiger partial charge on any atom is 0.350 e. The average Bonchev–Trinajstić information content (AvgIpc) is 3.31. The number of aryl methyl sites for hydroxylation is 1. The second kappa shape index (κ2) is 18.3. The minimum atomic E-state index is -0.923. The highest BCUT2D eigenvalue weighted by Crippen LogP contribution is 2.57. The molecule has 0 aromatic heterocycles. The largest absolute Gasteiger partial charge is 0.489 e. The van der Waals surface area contributed by atoms with Crippen LogP contribution in [0.1, 0.15) is 92.6 Å². The molecule has 1 aromatic rings. The molecule has 1 aliphatic heterocycles. The lowest BCUT2D eigenvalue weighted by atomic mass is 9.89. The number of carbonyl (C=O) groups is 2. The Kier molecular flexibility index (Phi) is 17.4. The Morgan fingerprint density at radius 3 is 2.19 bits per heavy atom. The molecule has 1 aliphatic carbocycles. The molecule has 1 saturated carbocycles. The Bertz CT molecular complexity index is 910. The molecule has 208 valence electrons. The number of carbonyl (C=O) groups excluding carboxylic acids is 2. The maximum absolute atomic E-state index is 12.5. The van der Waals surface area contributed by atoms with E-state index in [1.807, 2.05) is 45.8 Å². The predicted molar refractivity (Wildman–Crippen MR) is 154 cm³/mol. The van der Waals surface area contributed by atoms with E-state index in [1.165, 1.54) is 42.8 Å². The molecule has 1 N–H and O–H groups in total. The van der Waals surface area contributed by atoms with E-state index >= 15 is 0 Å². The van der Waals surface area contributed by atoms with Gasteiger partial charge in [-0.2, -0.15) is 5.26 Å². The molecular weight excluding hydrogens is 506 g/mol. The first kappa shape index (κ1) is 35.0. The monoisotopic (exact) mass is 551 g/mol. The third kappa shape index (κ3) is 12.0. The van der Waals surface area contributed by atoms with Crippen LogP contribution in [0.5, 0.6) is 5.75 Å². The number of nitrogens with zero attached hydrogens (tertiary/aromatic N) is 1. The number of nitriles is 1. The van der Waals surface area contributed by atoms with Crippen molar-refractivity contribution in [3.8, 4) is 11.8 Å². The van der Waals surface area contributed by atoms with Crippen molar-refractivity contribution in [3.05, 3.63) is 27.5 Å². The summed E-state index contributed by atoms with van der Waals surface area (Å²) in [6.07, 6.45) is 6.25. The minimum Gasteiger partial charge on any atom is -0.489 e. The number of hydrogen-bond acceptors (Lipinski definition) is 8. The second-order valence-electron chi connectivity index (χ2n) is 9.42. The van der Waals surface area contributed by atoms with Crippen LogP contribution in [0.4, 0.5) is 0 Å². The Morgan fingerprint density at radius 1 is 1.14 bits per heavy atom. The van der Waals surface area contributed by atoms with Crippen LogP contribution < -0.4 is 4.74 Å². The predicted octanol–water partition coefficient (Wildman–Crippen LogP) is 7.85. The normalized spacial score (nSPS) is 19.2. The van der Waals surface area contributed by atoms with E-state index in [1.54, 1.807) is 13.8 Å². The van der Waals surface area contributed by atoms with Gasteiger partial charge in [-0.3, -0.25) is 0 Å². The fourth-order valence-corrected chi connectivity index (χ4v) is 6.08. The van der Waals surface area contributed by atoms with Crippen molar-refractivity contribution in [1.29, 1.82) is 5.26 Å². The quantitative estimate of drug-likeness (QED) is 0.217. The number of thioether (sulfide) groups is 2.